The molecule has 1 heterocycles. The van der Waals surface area contributed by atoms with E-state index in [-0.39, 0.29) is 0 Å². The van der Waals surface area contributed by atoms with Crippen molar-refractivity contribution in [3.8, 4) is 0 Å². The van der Waals surface area contributed by atoms with Crippen LogP contribution in [0, 0.1) is 5.53 Å². The molecule has 42 valence electrons. The summed E-state index contributed by atoms with van der Waals surface area (Å²) in [6, 6.07) is 0. The molecule has 0 spiro atoms. The van der Waals surface area contributed by atoms with Crippen molar-refractivity contribution >= 4 is 0 Å². The molecule has 1 rings (SSSR count). The number of nitrogens with one attached hydrogen (secondary N) is 2. The molecule has 0 aliphatic rings. The van der Waals surface area contributed by atoms with E-state index in [0.717, 1.165) is 0 Å². The van der Waals surface area contributed by atoms with Gasteiger partial charge in [0, 0.05) is 12.4 Å². The molecule has 1 aromatic heterocycles. The Morgan fingerprint density at radius 3 is 2.50 bits per heavy atom. The second-order valence-corrected chi connectivity index (χ2v) is 0.861. The summed E-state index contributed by atoms with van der Waals surface area (Å²) in [4.78, 5) is 8.17. The number of aromatic amines is 1. The molecular formula is C3H5N5. The lowest BCUT2D eigenvalue weighted by molar-refractivity contribution is 1.31. The number of hydrogen-bond donors (Lipinski definition) is 2. The number of nitrogens with zero attached hydrogens (tertiary/aromatic N) is 3. The van der Waals surface area contributed by atoms with Crippen LogP contribution in [0.25, 0.3) is 10.4 Å². The molecule has 0 unspecified atom stereocenters. The fraction of sp³-hybridized carbons (Fsp3) is 0. The Balaban J connectivity index is 0.000000145. The minimum atomic E-state index is 1.62. The second kappa shape index (κ2) is 5.52. The Bertz CT molecular complexity index is 119. The number of rotatable bonds is 0. The van der Waals surface area contributed by atoms with Crippen molar-refractivity contribution in [1.29, 1.82) is 5.53 Å². The van der Waals surface area contributed by atoms with Gasteiger partial charge in [-0.05, 0) is 10.4 Å². The predicted octanol–water partition coefficient (Wildman–Crippen LogP) is 1.29. The van der Waals surface area contributed by atoms with E-state index in [4.69, 9.17) is 11.1 Å². The highest BCUT2D eigenvalue weighted by molar-refractivity contribution is 4.64. The fourth-order valence-electron chi connectivity index (χ4n) is 0.215. The van der Waals surface area contributed by atoms with E-state index in [0.29, 0.717) is 0 Å². The van der Waals surface area contributed by atoms with Gasteiger partial charge in [-0.3, -0.25) is 0 Å². The predicted molar refractivity (Wildman–Crippen MR) is 28.0 cm³/mol. The van der Waals surface area contributed by atoms with Crippen molar-refractivity contribution in [3.63, 3.8) is 0 Å². The van der Waals surface area contributed by atoms with Gasteiger partial charge in [0.05, 0.1) is 6.33 Å². The molecule has 0 bridgehead atoms. The molecule has 0 aromatic carbocycles. The zero-order valence-corrected chi connectivity index (χ0v) is 4.07. The van der Waals surface area contributed by atoms with Crippen LogP contribution in [0.5, 0.6) is 0 Å². The van der Waals surface area contributed by atoms with Gasteiger partial charge in [0.25, 0.3) is 0 Å². The molecule has 0 atom stereocenters. The number of imidazole rings is 1. The van der Waals surface area contributed by atoms with Crippen LogP contribution in [0.2, 0.25) is 0 Å². The van der Waals surface area contributed by atoms with Crippen LogP contribution < -0.4 is 0 Å². The first-order chi connectivity index (χ1) is 3.91. The average molecular weight is 111 g/mol. The molecule has 5 heteroatoms. The van der Waals surface area contributed by atoms with E-state index in [1.807, 2.05) is 0 Å². The monoisotopic (exact) mass is 111 g/mol. The van der Waals surface area contributed by atoms with Gasteiger partial charge in [-0.2, -0.15) is 0 Å². The smallest absolute Gasteiger partial charge is 0.0919 e. The topological polar surface area (TPSA) is 88.9 Å². The SMILES string of the molecule is [N-]=[N+]=N.c1c[nH]cn1. The Labute approximate surface area is 45.8 Å². The maximum absolute atomic E-state index is 6.86. The lowest BCUT2D eigenvalue weighted by Crippen LogP contribution is -1.44. The lowest BCUT2D eigenvalue weighted by atomic mass is 11.0. The maximum Gasteiger partial charge on any atom is 0.0919 e. The van der Waals surface area contributed by atoms with Crippen LogP contribution in [-0.4, -0.2) is 9.97 Å². The van der Waals surface area contributed by atoms with Crippen LogP contribution in [-0.2, 0) is 0 Å². The fourth-order valence-corrected chi connectivity index (χ4v) is 0.215. The number of H-pyrrole nitrogens is 1. The molecule has 0 saturated carbocycles. The van der Waals surface area contributed by atoms with Crippen LogP contribution in [0.3, 0.4) is 0 Å². The van der Waals surface area contributed by atoms with Crippen molar-refractivity contribution in [3.05, 3.63) is 29.2 Å². The molecule has 2 N–H and O–H groups in total. The first-order valence-corrected chi connectivity index (χ1v) is 1.85. The molecule has 0 aliphatic heterocycles. The minimum absolute atomic E-state index is 1.62. The summed E-state index contributed by atoms with van der Waals surface area (Å²) < 4.78 is 0. The number of aromatic nitrogens is 2. The maximum atomic E-state index is 6.86. The summed E-state index contributed by atoms with van der Waals surface area (Å²) in [5.41, 5.74) is 12.2. The summed E-state index contributed by atoms with van der Waals surface area (Å²) in [5, 5.41) is 0. The summed E-state index contributed by atoms with van der Waals surface area (Å²) in [6.07, 6.45) is 5.08. The van der Waals surface area contributed by atoms with Gasteiger partial charge in [0.2, 0.25) is 0 Å². The van der Waals surface area contributed by atoms with E-state index in [1.54, 1.807) is 23.6 Å². The van der Waals surface area contributed by atoms with Crippen LogP contribution in [0.4, 0.5) is 0 Å². The van der Waals surface area contributed by atoms with Gasteiger partial charge < -0.3 is 4.98 Å². The van der Waals surface area contributed by atoms with E-state index < -0.39 is 0 Å². The standard InChI is InChI=1S/C3H4N2.HN3/c1-2-5-3-4-1;1-3-2/h1-3H,(H,4,5);1H. The normalized spacial score (nSPS) is 6.00. The van der Waals surface area contributed by atoms with E-state index >= 15 is 0 Å². The Morgan fingerprint density at radius 2 is 2.38 bits per heavy atom. The minimum Gasteiger partial charge on any atom is -0.351 e. The van der Waals surface area contributed by atoms with Gasteiger partial charge in [-0.1, -0.05) is 0 Å². The van der Waals surface area contributed by atoms with Crippen LogP contribution in [0.15, 0.2) is 18.7 Å². The third-order valence-corrected chi connectivity index (χ3v) is 0.406. The van der Waals surface area contributed by atoms with Crippen LogP contribution >= 0.6 is 0 Å². The van der Waals surface area contributed by atoms with Gasteiger partial charge in [-0.15, -0.1) is 5.53 Å². The first kappa shape index (κ1) is 6.52. The Hall–Kier alpha value is -1.48. The summed E-state index contributed by atoms with van der Waals surface area (Å²) >= 11 is 0. The van der Waals surface area contributed by atoms with E-state index in [9.17, 15) is 0 Å². The summed E-state index contributed by atoms with van der Waals surface area (Å²) in [7, 11) is 0. The van der Waals surface area contributed by atoms with Crippen LogP contribution in [0.1, 0.15) is 0 Å². The van der Waals surface area contributed by atoms with Gasteiger partial charge in [-0.25, -0.2) is 4.98 Å². The van der Waals surface area contributed by atoms with Crippen molar-refractivity contribution in [2.45, 2.75) is 0 Å². The molecule has 0 radical (unpaired) electrons. The zero-order valence-electron chi connectivity index (χ0n) is 4.07. The average Bonchev–Trinajstić information content (AvgIpc) is 2.17. The van der Waals surface area contributed by atoms with Gasteiger partial charge in [0.1, 0.15) is 0 Å². The molecule has 5 nitrogen and oxygen atoms in total. The third-order valence-electron chi connectivity index (χ3n) is 0.406. The van der Waals surface area contributed by atoms with Crippen molar-refractivity contribution < 1.29 is 0 Å². The number of hydrogen-bond acceptors (Lipinski definition) is 2. The molecule has 0 saturated heterocycles. The Kier molecular flexibility index (Phi) is 4.50. The molecule has 8 heavy (non-hydrogen) atoms. The zero-order chi connectivity index (χ0) is 6.24. The molecule has 0 amide bonds. The highest BCUT2D eigenvalue weighted by atomic mass is 15.0. The quantitative estimate of drug-likeness (QED) is 0.295. The Morgan fingerprint density at radius 1 is 1.75 bits per heavy atom. The molecule has 0 aliphatic carbocycles. The summed E-state index contributed by atoms with van der Waals surface area (Å²) in [5.74, 6) is 0. The first-order valence-electron chi connectivity index (χ1n) is 1.85. The second-order valence-electron chi connectivity index (χ2n) is 0.861. The molecule has 1 aromatic rings. The van der Waals surface area contributed by atoms with Gasteiger partial charge >= 0.3 is 0 Å². The van der Waals surface area contributed by atoms with E-state index in [2.05, 4.69) is 9.97 Å². The highest BCUT2D eigenvalue weighted by Crippen LogP contribution is 1.62. The van der Waals surface area contributed by atoms with Gasteiger partial charge in [0.15, 0.2) is 0 Å². The highest BCUT2D eigenvalue weighted by Gasteiger charge is 1.56. The molecule has 0 fully saturated rings. The largest absolute Gasteiger partial charge is 0.351 e. The van der Waals surface area contributed by atoms with Crippen molar-refractivity contribution in [2.24, 2.45) is 0 Å². The van der Waals surface area contributed by atoms with Crippen molar-refractivity contribution in [2.75, 3.05) is 0 Å². The lowest BCUT2D eigenvalue weighted by Gasteiger charge is -1.46. The van der Waals surface area contributed by atoms with E-state index in [1.165, 1.54) is 0 Å². The third kappa shape index (κ3) is 4.52. The van der Waals surface area contributed by atoms with Crippen molar-refractivity contribution in [1.82, 2.24) is 9.97 Å². The molecular weight excluding hydrogens is 106 g/mol. The summed E-state index contributed by atoms with van der Waals surface area (Å²) in [6.45, 7) is 0.